The van der Waals surface area contributed by atoms with Crippen LogP contribution in [-0.2, 0) is 17.6 Å². The Hall–Kier alpha value is -2.36. The van der Waals surface area contributed by atoms with Crippen molar-refractivity contribution in [1.29, 1.82) is 0 Å². The first-order valence-electron chi connectivity index (χ1n) is 14.9. The highest BCUT2D eigenvalue weighted by Gasteiger charge is 2.19. The van der Waals surface area contributed by atoms with E-state index in [4.69, 9.17) is 11.6 Å². The van der Waals surface area contributed by atoms with E-state index in [2.05, 4.69) is 68.3 Å². The van der Waals surface area contributed by atoms with Crippen LogP contribution in [0.25, 0.3) is 5.57 Å². The minimum atomic E-state index is 0.220. The molecule has 218 valence electrons. The first-order chi connectivity index (χ1) is 18.7. The number of carbonyl (C=O) groups is 1. The molecule has 2 aliphatic rings. The van der Waals surface area contributed by atoms with Gasteiger partial charge in [0, 0.05) is 24.5 Å². The highest BCUT2D eigenvalue weighted by atomic mass is 35.5. The molecule has 1 heterocycles. The highest BCUT2D eigenvalue weighted by molar-refractivity contribution is 6.30. The molecule has 0 radical (unpaired) electrons. The van der Waals surface area contributed by atoms with Crippen molar-refractivity contribution in [2.24, 2.45) is 0 Å². The summed E-state index contributed by atoms with van der Waals surface area (Å²) in [6, 6.07) is 13.0. The molecular weight excluding hydrogens is 500 g/mol. The average Bonchev–Trinajstić information content (AvgIpc) is 3.30. The molecule has 0 aromatic heterocycles. The van der Waals surface area contributed by atoms with Gasteiger partial charge in [-0.2, -0.15) is 0 Å². The number of hydrogen-bond donors (Lipinski definition) is 2. The molecule has 1 atom stereocenters. The van der Waals surface area contributed by atoms with Crippen LogP contribution >= 0.6 is 11.6 Å². The number of halogens is 1. The Kier molecular flexibility index (Phi) is 21.1. The molecule has 1 aliphatic heterocycles. The Balaban J connectivity index is 0.000000563. The average molecular weight is 555 g/mol. The van der Waals surface area contributed by atoms with Gasteiger partial charge in [-0.3, -0.25) is 0 Å². The van der Waals surface area contributed by atoms with Crippen LogP contribution in [0.2, 0.25) is 5.02 Å². The fourth-order valence-electron chi connectivity index (χ4n) is 4.31. The molecule has 0 saturated carbocycles. The fourth-order valence-corrected chi connectivity index (χ4v) is 4.63. The SMILES string of the molecule is C=CNCC.CC.CC(=O)CCc1cc(C)cc(Cl)c1.CC1CCc2ccc(C3=CCNCC3)cc21.CCC. The number of aryl methyl sites for hydroxylation is 3. The van der Waals surface area contributed by atoms with E-state index in [0.717, 1.165) is 48.1 Å². The van der Waals surface area contributed by atoms with E-state index in [1.807, 2.05) is 39.8 Å². The summed E-state index contributed by atoms with van der Waals surface area (Å²) in [6.07, 6.45) is 10.4. The van der Waals surface area contributed by atoms with Gasteiger partial charge in [-0.05, 0) is 111 Å². The zero-order valence-electron chi connectivity index (χ0n) is 26.1. The van der Waals surface area contributed by atoms with Gasteiger partial charge in [-0.25, -0.2) is 0 Å². The molecule has 3 nitrogen and oxygen atoms in total. The standard InChI is InChI=1S/C15H19N.C11H13ClO.C4H9N.C3H8.C2H6/c1-11-2-3-13-4-5-14(10-15(11)13)12-6-8-16-9-7-12;1-8-5-10(4-3-9(2)13)7-11(12)6-8;1-3-5-4-2;1-3-2;1-2/h4-6,10-11,16H,2-3,7-9H2,1H3;5-7H,3-4H2,1-2H3;3,5H,1,4H2,2H3;3H2,1-2H3;1-2H3. The summed E-state index contributed by atoms with van der Waals surface area (Å²) in [5.74, 6) is 0.981. The van der Waals surface area contributed by atoms with Gasteiger partial charge >= 0.3 is 0 Å². The lowest BCUT2D eigenvalue weighted by Crippen LogP contribution is -2.20. The second-order valence-electron chi connectivity index (χ2n) is 9.84. The number of hydrogen-bond acceptors (Lipinski definition) is 3. The summed E-state index contributed by atoms with van der Waals surface area (Å²) < 4.78 is 0. The molecule has 0 amide bonds. The zero-order chi connectivity index (χ0) is 29.6. The number of nitrogens with one attached hydrogen (secondary N) is 2. The topological polar surface area (TPSA) is 41.1 Å². The monoisotopic (exact) mass is 554 g/mol. The van der Waals surface area contributed by atoms with Gasteiger partial charge in [0.1, 0.15) is 5.78 Å². The first-order valence-corrected chi connectivity index (χ1v) is 15.3. The van der Waals surface area contributed by atoms with Gasteiger partial charge in [0.15, 0.2) is 0 Å². The van der Waals surface area contributed by atoms with Crippen molar-refractivity contribution in [3.63, 3.8) is 0 Å². The normalized spacial score (nSPS) is 14.7. The van der Waals surface area contributed by atoms with Gasteiger partial charge in [-0.15, -0.1) is 0 Å². The molecule has 0 spiro atoms. The number of fused-ring (bicyclic) bond motifs is 1. The Morgan fingerprint density at radius 2 is 1.82 bits per heavy atom. The third-order valence-corrected chi connectivity index (χ3v) is 6.39. The van der Waals surface area contributed by atoms with E-state index in [1.54, 1.807) is 24.3 Å². The lowest BCUT2D eigenvalue weighted by atomic mass is 9.94. The molecule has 39 heavy (non-hydrogen) atoms. The minimum absolute atomic E-state index is 0.220. The molecule has 2 N–H and O–H groups in total. The summed E-state index contributed by atoms with van der Waals surface area (Å²) in [6.45, 7) is 22.8. The van der Waals surface area contributed by atoms with Crippen molar-refractivity contribution in [1.82, 2.24) is 10.6 Å². The minimum Gasteiger partial charge on any atom is -0.392 e. The molecule has 4 heteroatoms. The number of rotatable bonds is 6. The van der Waals surface area contributed by atoms with Gasteiger partial charge in [0.2, 0.25) is 0 Å². The van der Waals surface area contributed by atoms with Crippen molar-refractivity contribution >= 4 is 23.0 Å². The van der Waals surface area contributed by atoms with Gasteiger partial charge in [0.05, 0.1) is 0 Å². The zero-order valence-corrected chi connectivity index (χ0v) is 26.8. The Morgan fingerprint density at radius 3 is 2.33 bits per heavy atom. The molecule has 0 fully saturated rings. The van der Waals surface area contributed by atoms with Gasteiger partial charge in [-0.1, -0.05) is 89.6 Å². The fraction of sp³-hybridized carbons (Fsp3) is 0.514. The smallest absolute Gasteiger partial charge is 0.130 e. The van der Waals surface area contributed by atoms with Gasteiger partial charge < -0.3 is 15.4 Å². The predicted molar refractivity (Wildman–Crippen MR) is 175 cm³/mol. The van der Waals surface area contributed by atoms with Crippen LogP contribution in [0.3, 0.4) is 0 Å². The van der Waals surface area contributed by atoms with Crippen molar-refractivity contribution in [2.75, 3.05) is 19.6 Å². The molecule has 2 aromatic carbocycles. The quantitative estimate of drug-likeness (QED) is 0.373. The lowest BCUT2D eigenvalue weighted by Gasteiger charge is -2.16. The maximum Gasteiger partial charge on any atom is 0.130 e. The Bertz CT molecular complexity index is 976. The van der Waals surface area contributed by atoms with Crippen molar-refractivity contribution in [2.45, 2.75) is 99.8 Å². The maximum absolute atomic E-state index is 10.8. The van der Waals surface area contributed by atoms with Crippen LogP contribution in [0, 0.1) is 6.92 Å². The van der Waals surface area contributed by atoms with Crippen LogP contribution in [-0.4, -0.2) is 25.4 Å². The maximum atomic E-state index is 10.8. The van der Waals surface area contributed by atoms with Crippen molar-refractivity contribution in [3.05, 3.63) is 88.1 Å². The molecule has 1 aliphatic carbocycles. The summed E-state index contributed by atoms with van der Waals surface area (Å²) in [5.41, 5.74) is 8.43. The van der Waals surface area contributed by atoms with Crippen molar-refractivity contribution < 1.29 is 4.79 Å². The van der Waals surface area contributed by atoms with E-state index in [9.17, 15) is 4.79 Å². The molecule has 0 saturated heterocycles. The number of Topliss-reactive ketones (excluding diaryl/α,β-unsaturated/α-hetero) is 1. The number of carbonyl (C=O) groups excluding carboxylic acids is 1. The summed E-state index contributed by atoms with van der Waals surface area (Å²) in [5, 5.41) is 6.99. The molecule has 0 bridgehead atoms. The third kappa shape index (κ3) is 15.7. The Morgan fingerprint density at radius 1 is 1.13 bits per heavy atom. The van der Waals surface area contributed by atoms with Crippen LogP contribution in [0.5, 0.6) is 0 Å². The van der Waals surface area contributed by atoms with E-state index >= 15 is 0 Å². The molecular formula is C35H55ClN2O. The van der Waals surface area contributed by atoms with Crippen LogP contribution in [0.15, 0.2) is 55.3 Å². The van der Waals surface area contributed by atoms with Crippen LogP contribution in [0.4, 0.5) is 0 Å². The molecule has 2 aromatic rings. The summed E-state index contributed by atoms with van der Waals surface area (Å²) >= 11 is 5.88. The highest BCUT2D eigenvalue weighted by Crippen LogP contribution is 2.35. The van der Waals surface area contributed by atoms with Crippen LogP contribution < -0.4 is 10.6 Å². The van der Waals surface area contributed by atoms with E-state index in [0.29, 0.717) is 6.42 Å². The van der Waals surface area contributed by atoms with Crippen molar-refractivity contribution in [3.8, 4) is 0 Å². The number of ketones is 1. The van der Waals surface area contributed by atoms with E-state index in [-0.39, 0.29) is 5.78 Å². The first kappa shape index (κ1) is 36.6. The predicted octanol–water partition coefficient (Wildman–Crippen LogP) is 9.46. The summed E-state index contributed by atoms with van der Waals surface area (Å²) in [7, 11) is 0. The lowest BCUT2D eigenvalue weighted by molar-refractivity contribution is -0.116. The van der Waals surface area contributed by atoms with E-state index in [1.165, 1.54) is 36.8 Å². The molecule has 4 rings (SSSR count). The summed E-state index contributed by atoms with van der Waals surface area (Å²) in [4.78, 5) is 10.8. The Labute approximate surface area is 245 Å². The second kappa shape index (κ2) is 22.5. The number of benzene rings is 2. The molecule has 1 unspecified atom stereocenters. The third-order valence-electron chi connectivity index (χ3n) is 6.17. The van der Waals surface area contributed by atoms with E-state index < -0.39 is 0 Å². The van der Waals surface area contributed by atoms with Gasteiger partial charge in [0.25, 0.3) is 0 Å². The van der Waals surface area contributed by atoms with Crippen LogP contribution in [0.1, 0.15) is 108 Å². The second-order valence-corrected chi connectivity index (χ2v) is 10.3. The largest absolute Gasteiger partial charge is 0.392 e.